The van der Waals surface area contributed by atoms with Gasteiger partial charge in [0.1, 0.15) is 6.04 Å². The van der Waals surface area contributed by atoms with Crippen LogP contribution in [-0.2, 0) is 75.1 Å². The summed E-state index contributed by atoms with van der Waals surface area (Å²) < 4.78 is 70.9. The number of amides is 3. The molecule has 0 saturated heterocycles. The number of aryl methyl sites for hydroxylation is 1. The summed E-state index contributed by atoms with van der Waals surface area (Å²) in [5.41, 5.74) is 1.24. The summed E-state index contributed by atoms with van der Waals surface area (Å²) in [6.45, 7) is 10.2. The van der Waals surface area contributed by atoms with E-state index in [4.69, 9.17) is 29.0 Å². The molecule has 2 aromatic rings. The third-order valence-electron chi connectivity index (χ3n) is 10.7. The Kier molecular flexibility index (Phi) is 16.2. The molecule has 2 aromatic carbocycles. The van der Waals surface area contributed by atoms with Crippen LogP contribution in [0.1, 0.15) is 103 Å². The van der Waals surface area contributed by atoms with Crippen LogP contribution in [0.2, 0.25) is 0 Å². The molecule has 0 radical (unpaired) electrons. The van der Waals surface area contributed by atoms with Crippen LogP contribution in [0.4, 0.5) is 14.5 Å². The molecular weight excluding hydrogens is 831 g/mol. The molecule has 0 bridgehead atoms. The largest absolute Gasteiger partial charge is 0.438 e. The van der Waals surface area contributed by atoms with E-state index in [1.165, 1.54) is 71.8 Å². The maximum atomic E-state index is 16.1. The molecule has 62 heavy (non-hydrogen) atoms. The van der Waals surface area contributed by atoms with Crippen molar-refractivity contribution in [3.8, 4) is 0 Å². The molecule has 340 valence electrons. The fourth-order valence-electron chi connectivity index (χ4n) is 6.90. The smallest absolute Gasteiger partial charge is 0.410 e. The van der Waals surface area contributed by atoms with Gasteiger partial charge >= 0.3 is 25.2 Å². The van der Waals surface area contributed by atoms with E-state index >= 15 is 8.78 Å². The standard InChI is InChI=1S/C44H58F2N3O12P/c1-26(28-15-17-32(18-16-28)44(45,46)62(56,60-24-58-40(54)42(3,4)5)61-25-59-41(55)43(6,7)8)21-33(50)22-31-14-13-29-11-10-12-30-23-35(49(37(29)30)39(31)53)38(52)48-34(27(2)57-9)19-20-36(47)51/h10-12,15-18,21,27,31,34-35H,13-14,19-20,22-25H2,1-9H3,(H2,47,51)(H,48,52)/b26-21+/t27-,31-,34+,35+/m1/s1. The topological polar surface area (TPSA) is 207 Å². The lowest BCUT2D eigenvalue weighted by molar-refractivity contribution is -0.163. The lowest BCUT2D eigenvalue weighted by atomic mass is 9.92. The number of benzene rings is 2. The fraction of sp³-hybridized carbons (Fsp3) is 0.545. The van der Waals surface area contributed by atoms with Gasteiger partial charge in [-0.05, 0) is 103 Å². The predicted molar refractivity (Wildman–Crippen MR) is 224 cm³/mol. The van der Waals surface area contributed by atoms with Crippen LogP contribution in [0.15, 0.2) is 48.5 Å². The number of methoxy groups -OCH3 is 1. The SMILES string of the molecule is CO[C@H](C)[C@H](CCC(N)=O)NC(=O)[C@@H]1Cc2cccc3c2N1C(=O)[C@@H](CC(=O)/C=C(\C)c1ccc(C(F)(F)P(=O)(OCOC(=O)C(C)(C)C)OCOC(=O)C(C)(C)C)cc1)CC3. The minimum absolute atomic E-state index is 0.0197. The number of esters is 2. The van der Waals surface area contributed by atoms with Crippen molar-refractivity contribution in [3.63, 3.8) is 0 Å². The Morgan fingerprint density at radius 1 is 0.935 bits per heavy atom. The van der Waals surface area contributed by atoms with E-state index in [-0.39, 0.29) is 31.6 Å². The van der Waals surface area contributed by atoms with Gasteiger partial charge in [-0.25, -0.2) is 0 Å². The van der Waals surface area contributed by atoms with Gasteiger partial charge in [0, 0.05) is 37.9 Å². The highest BCUT2D eigenvalue weighted by Crippen LogP contribution is 2.67. The monoisotopic (exact) mass is 889 g/mol. The summed E-state index contributed by atoms with van der Waals surface area (Å²) in [5.74, 6) is -4.19. The molecule has 2 aliphatic heterocycles. The highest BCUT2D eigenvalue weighted by Gasteiger charge is 2.56. The summed E-state index contributed by atoms with van der Waals surface area (Å²) in [6, 6.07) is 8.63. The van der Waals surface area contributed by atoms with Crippen molar-refractivity contribution < 1.29 is 65.4 Å². The van der Waals surface area contributed by atoms with Gasteiger partial charge in [-0.15, -0.1) is 0 Å². The first-order valence-corrected chi connectivity index (χ1v) is 21.8. The van der Waals surface area contributed by atoms with Gasteiger partial charge in [0.2, 0.25) is 31.3 Å². The summed E-state index contributed by atoms with van der Waals surface area (Å²) in [7, 11) is -4.07. The number of nitrogens with two attached hydrogens (primary N) is 1. The van der Waals surface area contributed by atoms with Crippen molar-refractivity contribution in [1.29, 1.82) is 0 Å². The minimum Gasteiger partial charge on any atom is -0.438 e. The van der Waals surface area contributed by atoms with Crippen molar-refractivity contribution >= 4 is 54.3 Å². The average Bonchev–Trinajstić information content (AvgIpc) is 3.53. The lowest BCUT2D eigenvalue weighted by Crippen LogP contribution is -2.54. The number of carbonyl (C=O) groups excluding carboxylic acids is 6. The van der Waals surface area contributed by atoms with Gasteiger partial charge in [0.05, 0.1) is 28.7 Å². The van der Waals surface area contributed by atoms with Crippen molar-refractivity contribution in [2.45, 2.75) is 118 Å². The molecule has 18 heteroatoms. The quantitative estimate of drug-likeness (QED) is 0.0652. The van der Waals surface area contributed by atoms with Gasteiger partial charge < -0.3 is 25.3 Å². The average molecular weight is 890 g/mol. The number of hydrogen-bond donors (Lipinski definition) is 2. The maximum Gasteiger partial charge on any atom is 0.410 e. The van der Waals surface area contributed by atoms with E-state index < -0.39 is 96.9 Å². The molecule has 0 unspecified atom stereocenters. The highest BCUT2D eigenvalue weighted by molar-refractivity contribution is 7.54. The number of allylic oxidation sites excluding steroid dienone is 2. The zero-order valence-electron chi connectivity index (χ0n) is 36.7. The first-order valence-electron chi connectivity index (χ1n) is 20.3. The zero-order chi connectivity index (χ0) is 46.4. The normalized spacial score (nSPS) is 18.0. The summed E-state index contributed by atoms with van der Waals surface area (Å²) in [4.78, 5) is 79.2. The van der Waals surface area contributed by atoms with Gasteiger partial charge in [-0.3, -0.25) is 47.3 Å². The molecule has 4 atom stereocenters. The molecule has 3 N–H and O–H groups in total. The molecule has 0 aromatic heterocycles. The Balaban J connectivity index is 1.51. The number of carbonyl (C=O) groups is 6. The summed E-state index contributed by atoms with van der Waals surface area (Å²) in [6.07, 6.45) is 1.97. The number of ketones is 1. The van der Waals surface area contributed by atoms with Crippen LogP contribution in [0, 0.1) is 16.7 Å². The molecule has 3 amide bonds. The van der Waals surface area contributed by atoms with E-state index in [1.54, 1.807) is 13.8 Å². The zero-order valence-corrected chi connectivity index (χ0v) is 37.6. The van der Waals surface area contributed by atoms with Gasteiger partial charge in [0.25, 0.3) is 0 Å². The first kappa shape index (κ1) is 49.8. The molecule has 2 heterocycles. The number of primary amides is 1. The second kappa shape index (κ2) is 20.1. The van der Waals surface area contributed by atoms with Crippen LogP contribution in [-0.4, -0.2) is 74.3 Å². The summed E-state index contributed by atoms with van der Waals surface area (Å²) >= 11 is 0. The molecule has 15 nitrogen and oxygen atoms in total. The van der Waals surface area contributed by atoms with Crippen LogP contribution in [0.3, 0.4) is 0 Å². The Morgan fingerprint density at radius 3 is 2.03 bits per heavy atom. The molecule has 0 saturated carbocycles. The van der Waals surface area contributed by atoms with Crippen LogP contribution >= 0.6 is 7.60 Å². The second-order valence-corrected chi connectivity index (χ2v) is 19.7. The number of halogens is 2. The van der Waals surface area contributed by atoms with E-state index in [1.807, 2.05) is 18.2 Å². The van der Waals surface area contributed by atoms with Crippen molar-refractivity contribution in [3.05, 3.63) is 70.8 Å². The van der Waals surface area contributed by atoms with Crippen LogP contribution < -0.4 is 16.0 Å². The number of nitrogens with one attached hydrogen (secondary N) is 1. The van der Waals surface area contributed by atoms with Gasteiger partial charge in [-0.1, -0.05) is 42.5 Å². The highest BCUT2D eigenvalue weighted by atomic mass is 31.2. The second-order valence-electron chi connectivity index (χ2n) is 17.6. The van der Waals surface area contributed by atoms with Crippen molar-refractivity contribution in [1.82, 2.24) is 5.32 Å². The maximum absolute atomic E-state index is 16.1. The number of hydrogen-bond acceptors (Lipinski definition) is 12. The molecule has 2 aliphatic rings. The van der Waals surface area contributed by atoms with E-state index in [2.05, 4.69) is 5.32 Å². The fourth-order valence-corrected chi connectivity index (χ4v) is 8.15. The Morgan fingerprint density at radius 2 is 1.50 bits per heavy atom. The first-order chi connectivity index (χ1) is 28.8. The van der Waals surface area contributed by atoms with Gasteiger partial charge in [0.15, 0.2) is 5.78 Å². The number of para-hydroxylation sites is 1. The lowest BCUT2D eigenvalue weighted by Gasteiger charge is -2.30. The van der Waals surface area contributed by atoms with Crippen molar-refractivity contribution in [2.75, 3.05) is 25.6 Å². The Hall–Kier alpha value is -4.83. The number of alkyl halides is 2. The number of rotatable bonds is 19. The molecule has 4 rings (SSSR count). The third-order valence-corrected chi connectivity index (χ3v) is 12.5. The number of nitrogens with zero attached hydrogens (tertiary/aromatic N) is 1. The van der Waals surface area contributed by atoms with Crippen LogP contribution in [0.5, 0.6) is 0 Å². The van der Waals surface area contributed by atoms with E-state index in [0.29, 0.717) is 29.7 Å². The van der Waals surface area contributed by atoms with Gasteiger partial charge in [-0.2, -0.15) is 8.78 Å². The Bertz CT molecular complexity index is 2060. The van der Waals surface area contributed by atoms with E-state index in [9.17, 15) is 33.3 Å². The van der Waals surface area contributed by atoms with E-state index in [0.717, 1.165) is 23.3 Å². The third kappa shape index (κ3) is 12.0. The number of ether oxygens (including phenoxy) is 3. The molecule has 0 aliphatic carbocycles. The predicted octanol–water partition coefficient (Wildman–Crippen LogP) is 6.72. The van der Waals surface area contributed by atoms with Crippen LogP contribution in [0.25, 0.3) is 5.57 Å². The Labute approximate surface area is 360 Å². The summed E-state index contributed by atoms with van der Waals surface area (Å²) in [5, 5.41) is 2.95. The molecule has 0 spiro atoms. The van der Waals surface area contributed by atoms with Crippen molar-refractivity contribution in [2.24, 2.45) is 22.5 Å². The minimum atomic E-state index is -5.55. The molecule has 0 fully saturated rings. The molecular formula is C44H58F2N3O12P. The number of anilines is 1.